The Bertz CT molecular complexity index is 814. The van der Waals surface area contributed by atoms with Gasteiger partial charge in [-0.25, -0.2) is 4.79 Å². The Morgan fingerprint density at radius 1 is 1.27 bits per heavy atom. The Balaban J connectivity index is 2.11. The number of aromatic nitrogens is 1. The fraction of sp³-hybridized carbons (Fsp3) is 0.188. The molecular formula is C16H18BN3O6. The van der Waals surface area contributed by atoms with Crippen LogP contribution in [0.5, 0.6) is 5.75 Å². The van der Waals surface area contributed by atoms with Crippen molar-refractivity contribution < 1.29 is 29.9 Å². The average Bonchev–Trinajstić information content (AvgIpc) is 2.55. The maximum Gasteiger partial charge on any atom is 0.475 e. The van der Waals surface area contributed by atoms with Gasteiger partial charge in [0.25, 0.3) is 0 Å². The molecule has 0 aliphatic rings. The molecule has 7 N–H and O–H groups in total. The summed E-state index contributed by atoms with van der Waals surface area (Å²) in [6, 6.07) is 5.64. The second kappa shape index (κ2) is 8.32. The van der Waals surface area contributed by atoms with Gasteiger partial charge in [0.15, 0.2) is 0 Å². The van der Waals surface area contributed by atoms with Crippen LogP contribution in [-0.4, -0.2) is 50.2 Å². The average molecular weight is 359 g/mol. The number of phenols is 1. The van der Waals surface area contributed by atoms with Crippen molar-refractivity contribution in [2.45, 2.75) is 18.8 Å². The number of carboxylic acid groups (broad SMARTS) is 1. The minimum absolute atomic E-state index is 0.0809. The first-order valence-electron chi connectivity index (χ1n) is 7.67. The highest BCUT2D eigenvalue weighted by atomic mass is 16.4. The van der Waals surface area contributed by atoms with Gasteiger partial charge in [-0.15, -0.1) is 0 Å². The van der Waals surface area contributed by atoms with Crippen molar-refractivity contribution in [1.82, 2.24) is 10.3 Å². The lowest BCUT2D eigenvalue weighted by Gasteiger charge is -2.19. The molecule has 9 nitrogen and oxygen atoms in total. The Morgan fingerprint density at radius 3 is 2.62 bits per heavy atom. The second-order valence-corrected chi connectivity index (χ2v) is 5.71. The molecule has 10 heteroatoms. The van der Waals surface area contributed by atoms with Crippen LogP contribution < -0.4 is 11.1 Å². The Hall–Kier alpha value is -3.11. The van der Waals surface area contributed by atoms with Crippen LogP contribution in [0.1, 0.15) is 21.5 Å². The van der Waals surface area contributed by atoms with Crippen LogP contribution in [0, 0.1) is 0 Å². The van der Waals surface area contributed by atoms with E-state index in [1.165, 1.54) is 30.6 Å². The number of carboxylic acids is 1. The number of pyridine rings is 1. The van der Waals surface area contributed by atoms with E-state index < -0.39 is 30.7 Å². The van der Waals surface area contributed by atoms with E-state index in [1.54, 1.807) is 6.07 Å². The highest BCUT2D eigenvalue weighted by Crippen LogP contribution is 2.24. The van der Waals surface area contributed by atoms with Crippen molar-refractivity contribution in [3.05, 3.63) is 53.3 Å². The summed E-state index contributed by atoms with van der Waals surface area (Å²) < 4.78 is 0. The Labute approximate surface area is 149 Å². The highest BCUT2D eigenvalue weighted by Gasteiger charge is 2.27. The number of para-hydroxylation sites is 1. The van der Waals surface area contributed by atoms with Gasteiger partial charge in [0.05, 0.1) is 18.0 Å². The zero-order valence-corrected chi connectivity index (χ0v) is 13.7. The number of benzene rings is 1. The van der Waals surface area contributed by atoms with Gasteiger partial charge in [-0.05, 0) is 29.7 Å². The van der Waals surface area contributed by atoms with Crippen LogP contribution in [0.4, 0.5) is 5.69 Å². The van der Waals surface area contributed by atoms with Crippen molar-refractivity contribution in [1.29, 1.82) is 0 Å². The van der Waals surface area contributed by atoms with E-state index in [4.69, 9.17) is 10.8 Å². The van der Waals surface area contributed by atoms with E-state index >= 15 is 0 Å². The molecule has 0 aliphatic heterocycles. The SMILES string of the molecule is Nc1cncc(CC(=O)N[C@@H](Cc2cccc(C(=O)O)c2O)B(O)O)c1. The van der Waals surface area contributed by atoms with Gasteiger partial charge in [-0.1, -0.05) is 12.1 Å². The van der Waals surface area contributed by atoms with E-state index in [1.807, 2.05) is 0 Å². The summed E-state index contributed by atoms with van der Waals surface area (Å²) >= 11 is 0. The quantitative estimate of drug-likeness (QED) is 0.355. The smallest absolute Gasteiger partial charge is 0.475 e. The molecule has 0 saturated heterocycles. The first-order chi connectivity index (χ1) is 12.3. The molecule has 1 atom stereocenters. The third-order valence-corrected chi connectivity index (χ3v) is 3.68. The van der Waals surface area contributed by atoms with E-state index in [2.05, 4.69) is 10.3 Å². The largest absolute Gasteiger partial charge is 0.507 e. The summed E-state index contributed by atoms with van der Waals surface area (Å²) in [4.78, 5) is 27.1. The molecule has 1 aromatic heterocycles. The van der Waals surface area contributed by atoms with Crippen LogP contribution in [0.15, 0.2) is 36.7 Å². The lowest BCUT2D eigenvalue weighted by atomic mass is 9.75. The molecule has 1 aromatic carbocycles. The first kappa shape index (κ1) is 19.2. The molecule has 0 fully saturated rings. The molecule has 2 aromatic rings. The maximum atomic E-state index is 12.1. The first-order valence-corrected chi connectivity index (χ1v) is 7.67. The number of amides is 1. The van der Waals surface area contributed by atoms with Crippen LogP contribution in [-0.2, 0) is 17.6 Å². The van der Waals surface area contributed by atoms with E-state index in [0.29, 0.717) is 11.3 Å². The third-order valence-electron chi connectivity index (χ3n) is 3.68. The van der Waals surface area contributed by atoms with Crippen LogP contribution in [0.25, 0.3) is 0 Å². The zero-order valence-electron chi connectivity index (χ0n) is 13.7. The topological polar surface area (TPSA) is 166 Å². The number of hydrogen-bond donors (Lipinski definition) is 6. The van der Waals surface area contributed by atoms with E-state index in [-0.39, 0.29) is 24.0 Å². The van der Waals surface area contributed by atoms with Gasteiger partial charge in [-0.2, -0.15) is 0 Å². The molecular weight excluding hydrogens is 341 g/mol. The number of aromatic carboxylic acids is 1. The molecule has 0 saturated carbocycles. The number of aromatic hydroxyl groups is 1. The number of hydrogen-bond acceptors (Lipinski definition) is 7. The molecule has 0 bridgehead atoms. The summed E-state index contributed by atoms with van der Waals surface area (Å²) in [5.41, 5.74) is 6.38. The zero-order chi connectivity index (χ0) is 19.3. The fourth-order valence-electron chi connectivity index (χ4n) is 2.44. The van der Waals surface area contributed by atoms with Crippen LogP contribution >= 0.6 is 0 Å². The normalized spacial score (nSPS) is 11.6. The van der Waals surface area contributed by atoms with Crippen LogP contribution in [0.2, 0.25) is 0 Å². The molecule has 0 unspecified atom stereocenters. The summed E-state index contributed by atoms with van der Waals surface area (Å²) in [5.74, 6) is -3.46. The van der Waals surface area contributed by atoms with Gasteiger partial charge >= 0.3 is 13.1 Å². The Morgan fingerprint density at radius 2 is 2.00 bits per heavy atom. The maximum absolute atomic E-state index is 12.1. The van der Waals surface area contributed by atoms with Gasteiger partial charge in [0.1, 0.15) is 11.3 Å². The van der Waals surface area contributed by atoms with Crippen LogP contribution in [0.3, 0.4) is 0 Å². The molecule has 0 aliphatic carbocycles. The predicted molar refractivity (Wildman–Crippen MR) is 93.2 cm³/mol. The standard InChI is InChI=1S/C16H18BN3O6/c18-11-4-9(7-19-8-11)5-14(21)20-13(17(25)26)6-10-2-1-3-12(15(10)22)16(23)24/h1-4,7-8,13,22,25-26H,5-6,18H2,(H,20,21)(H,23,24)/t13-/m0/s1. The van der Waals surface area contributed by atoms with Crippen molar-refractivity contribution in [3.63, 3.8) is 0 Å². The summed E-state index contributed by atoms with van der Waals surface area (Å²) in [6.45, 7) is 0. The number of rotatable bonds is 7. The second-order valence-electron chi connectivity index (χ2n) is 5.71. The fourth-order valence-corrected chi connectivity index (χ4v) is 2.44. The molecule has 1 amide bonds. The van der Waals surface area contributed by atoms with E-state index in [9.17, 15) is 24.7 Å². The number of nitrogens with two attached hydrogens (primary N) is 1. The highest BCUT2D eigenvalue weighted by molar-refractivity contribution is 6.43. The van der Waals surface area contributed by atoms with Gasteiger partial charge < -0.3 is 31.3 Å². The van der Waals surface area contributed by atoms with Crippen molar-refractivity contribution in [2.24, 2.45) is 0 Å². The van der Waals surface area contributed by atoms with Gasteiger partial charge in [0.2, 0.25) is 5.91 Å². The molecule has 1 heterocycles. The number of nitrogens with one attached hydrogen (secondary N) is 1. The lowest BCUT2D eigenvalue weighted by Crippen LogP contribution is -2.48. The lowest BCUT2D eigenvalue weighted by molar-refractivity contribution is -0.120. The van der Waals surface area contributed by atoms with Crippen molar-refractivity contribution in [2.75, 3.05) is 5.73 Å². The minimum atomic E-state index is -1.91. The van der Waals surface area contributed by atoms with Crippen molar-refractivity contribution in [3.8, 4) is 5.75 Å². The van der Waals surface area contributed by atoms with Gasteiger partial charge in [-0.3, -0.25) is 9.78 Å². The number of carbonyl (C=O) groups is 2. The number of nitrogens with zero attached hydrogens (tertiary/aromatic N) is 1. The molecule has 136 valence electrons. The summed E-state index contributed by atoms with van der Waals surface area (Å²) in [6.07, 6.45) is 2.64. The molecule has 2 rings (SSSR count). The molecule has 0 radical (unpaired) electrons. The number of anilines is 1. The predicted octanol–water partition coefficient (Wildman–Crippen LogP) is -0.650. The molecule has 26 heavy (non-hydrogen) atoms. The number of carbonyl (C=O) groups excluding carboxylic acids is 1. The van der Waals surface area contributed by atoms with E-state index in [0.717, 1.165) is 0 Å². The Kier molecular flexibility index (Phi) is 6.15. The molecule has 0 spiro atoms. The summed E-state index contributed by atoms with van der Waals surface area (Å²) in [7, 11) is -1.91. The third kappa shape index (κ3) is 4.95. The monoisotopic (exact) mass is 359 g/mol. The number of nitrogen functional groups attached to an aromatic ring is 1. The summed E-state index contributed by atoms with van der Waals surface area (Å²) in [5, 5.41) is 40.5. The van der Waals surface area contributed by atoms with Crippen molar-refractivity contribution >= 4 is 24.7 Å². The minimum Gasteiger partial charge on any atom is -0.507 e. The van der Waals surface area contributed by atoms with Gasteiger partial charge in [0, 0.05) is 12.4 Å².